The molecule has 0 spiro atoms. The van der Waals surface area contributed by atoms with Gasteiger partial charge in [0, 0.05) is 13.6 Å². The Labute approximate surface area is 151 Å². The van der Waals surface area contributed by atoms with Crippen molar-refractivity contribution in [1.82, 2.24) is 4.98 Å². The number of aromatic nitrogens is 1. The van der Waals surface area contributed by atoms with Crippen LogP contribution in [0, 0.1) is 20.8 Å². The fraction of sp³-hybridized carbons (Fsp3) is 0.421. The summed E-state index contributed by atoms with van der Waals surface area (Å²) in [6.45, 7) is 8.69. The zero-order valence-electron chi connectivity index (χ0n) is 15.6. The van der Waals surface area contributed by atoms with Gasteiger partial charge in [0.15, 0.2) is 0 Å². The van der Waals surface area contributed by atoms with Crippen LogP contribution in [0.4, 0.5) is 11.5 Å². The molecule has 1 N–H and O–H groups in total. The number of nitrogens with one attached hydrogen (secondary N) is 1. The number of unbranched alkanes of at least 4 members (excludes halogenated alkanes) is 1. The van der Waals surface area contributed by atoms with Crippen LogP contribution in [-0.2, 0) is 10.0 Å². The highest BCUT2D eigenvalue weighted by atomic mass is 32.2. The summed E-state index contributed by atoms with van der Waals surface area (Å²) in [6.07, 6.45) is 3.93. The van der Waals surface area contributed by atoms with Crippen molar-refractivity contribution < 1.29 is 8.42 Å². The van der Waals surface area contributed by atoms with E-state index in [4.69, 9.17) is 0 Å². The molecule has 0 aliphatic heterocycles. The van der Waals surface area contributed by atoms with E-state index in [0.717, 1.165) is 41.8 Å². The number of aryl methyl sites for hydroxylation is 3. The number of hydrogen-bond acceptors (Lipinski definition) is 4. The van der Waals surface area contributed by atoms with Crippen LogP contribution in [0.15, 0.2) is 35.4 Å². The second-order valence-electron chi connectivity index (χ2n) is 6.51. The largest absolute Gasteiger partial charge is 0.373 e. The minimum Gasteiger partial charge on any atom is -0.373 e. The molecular formula is C19H27N3O2S. The standard InChI is InChI=1S/C19H27N3O2S/c1-6-7-10-22(5)17-8-9-18(20-13-17)21-25(23,24)19-15(3)11-14(2)12-16(19)4/h8-9,11-13H,6-7,10H2,1-5H3,(H,20,21). The SMILES string of the molecule is CCCCN(C)c1ccc(NS(=O)(=O)c2c(C)cc(C)cc2C)nc1. The summed E-state index contributed by atoms with van der Waals surface area (Å²) in [5.41, 5.74) is 3.49. The summed E-state index contributed by atoms with van der Waals surface area (Å²) in [5, 5.41) is 0. The van der Waals surface area contributed by atoms with Gasteiger partial charge in [0.2, 0.25) is 0 Å². The fourth-order valence-corrected chi connectivity index (χ4v) is 4.44. The molecule has 0 atom stereocenters. The van der Waals surface area contributed by atoms with Gasteiger partial charge in [-0.05, 0) is 50.5 Å². The molecule has 0 saturated heterocycles. The first-order chi connectivity index (χ1) is 11.7. The predicted molar refractivity (Wildman–Crippen MR) is 104 cm³/mol. The molecule has 0 saturated carbocycles. The molecule has 0 aliphatic carbocycles. The lowest BCUT2D eigenvalue weighted by Crippen LogP contribution is -2.19. The molecule has 6 heteroatoms. The maximum Gasteiger partial charge on any atom is 0.263 e. The molecule has 0 aliphatic rings. The second-order valence-corrected chi connectivity index (χ2v) is 8.13. The molecular weight excluding hydrogens is 334 g/mol. The summed E-state index contributed by atoms with van der Waals surface area (Å²) in [5.74, 6) is 0.326. The van der Waals surface area contributed by atoms with Crippen LogP contribution in [0.25, 0.3) is 0 Å². The molecule has 0 radical (unpaired) electrons. The topological polar surface area (TPSA) is 62.3 Å². The van der Waals surface area contributed by atoms with E-state index in [9.17, 15) is 8.42 Å². The van der Waals surface area contributed by atoms with Crippen molar-refractivity contribution >= 4 is 21.5 Å². The van der Waals surface area contributed by atoms with E-state index in [-0.39, 0.29) is 0 Å². The van der Waals surface area contributed by atoms with Gasteiger partial charge in [0.25, 0.3) is 10.0 Å². The van der Waals surface area contributed by atoms with Crippen molar-refractivity contribution in [2.75, 3.05) is 23.2 Å². The second kappa shape index (κ2) is 7.87. The van der Waals surface area contributed by atoms with Gasteiger partial charge >= 0.3 is 0 Å². The van der Waals surface area contributed by atoms with E-state index in [1.54, 1.807) is 12.3 Å². The number of rotatable bonds is 7. The van der Waals surface area contributed by atoms with Crippen LogP contribution in [0.3, 0.4) is 0 Å². The Balaban J connectivity index is 2.21. The Morgan fingerprint density at radius 1 is 1.12 bits per heavy atom. The molecule has 1 aromatic heterocycles. The van der Waals surface area contributed by atoms with Gasteiger partial charge in [-0.2, -0.15) is 0 Å². The van der Waals surface area contributed by atoms with E-state index in [1.807, 2.05) is 46.0 Å². The number of hydrogen-bond donors (Lipinski definition) is 1. The molecule has 5 nitrogen and oxygen atoms in total. The lowest BCUT2D eigenvalue weighted by Gasteiger charge is -2.19. The van der Waals surface area contributed by atoms with E-state index in [0.29, 0.717) is 10.7 Å². The number of benzene rings is 1. The van der Waals surface area contributed by atoms with Crippen molar-refractivity contribution in [1.29, 1.82) is 0 Å². The van der Waals surface area contributed by atoms with Gasteiger partial charge in [-0.1, -0.05) is 31.0 Å². The van der Waals surface area contributed by atoms with Crippen molar-refractivity contribution in [2.24, 2.45) is 0 Å². The van der Waals surface area contributed by atoms with Crippen LogP contribution in [0.5, 0.6) is 0 Å². The lowest BCUT2D eigenvalue weighted by atomic mass is 10.1. The van der Waals surface area contributed by atoms with Gasteiger partial charge in [-0.25, -0.2) is 13.4 Å². The molecule has 2 rings (SSSR count). The Hall–Kier alpha value is -2.08. The average Bonchev–Trinajstić information content (AvgIpc) is 2.51. The molecule has 1 aromatic carbocycles. The Kier molecular flexibility index (Phi) is 6.06. The van der Waals surface area contributed by atoms with Crippen molar-refractivity contribution in [2.45, 2.75) is 45.4 Å². The molecule has 0 amide bonds. The lowest BCUT2D eigenvalue weighted by molar-refractivity contribution is 0.600. The summed E-state index contributed by atoms with van der Waals surface area (Å²) in [6, 6.07) is 7.34. The van der Waals surface area contributed by atoms with E-state index < -0.39 is 10.0 Å². The third kappa shape index (κ3) is 4.72. The smallest absolute Gasteiger partial charge is 0.263 e. The summed E-state index contributed by atoms with van der Waals surface area (Å²) in [7, 11) is -1.66. The number of nitrogens with zero attached hydrogens (tertiary/aromatic N) is 2. The highest BCUT2D eigenvalue weighted by Crippen LogP contribution is 2.24. The molecule has 0 fully saturated rings. The first-order valence-corrected chi connectivity index (χ1v) is 10.0. The minimum atomic E-state index is -3.66. The predicted octanol–water partition coefficient (Wildman–Crippen LogP) is 4.04. The summed E-state index contributed by atoms with van der Waals surface area (Å²) < 4.78 is 28.1. The number of anilines is 2. The monoisotopic (exact) mass is 361 g/mol. The highest BCUT2D eigenvalue weighted by molar-refractivity contribution is 7.92. The maximum absolute atomic E-state index is 12.8. The Morgan fingerprint density at radius 2 is 1.76 bits per heavy atom. The molecule has 0 bridgehead atoms. The van der Waals surface area contributed by atoms with Gasteiger partial charge in [-0.15, -0.1) is 0 Å². The Bertz CT molecular complexity index is 807. The third-order valence-electron chi connectivity index (χ3n) is 4.15. The van der Waals surface area contributed by atoms with Crippen LogP contribution in [0.1, 0.15) is 36.5 Å². The van der Waals surface area contributed by atoms with E-state index in [1.165, 1.54) is 0 Å². The van der Waals surface area contributed by atoms with E-state index in [2.05, 4.69) is 21.5 Å². The van der Waals surface area contributed by atoms with Crippen molar-refractivity contribution in [3.8, 4) is 0 Å². The van der Waals surface area contributed by atoms with Crippen LogP contribution in [-0.4, -0.2) is 27.0 Å². The number of sulfonamides is 1. The fourth-order valence-electron chi connectivity index (χ4n) is 2.98. The minimum absolute atomic E-state index is 0.323. The molecule has 0 unspecified atom stereocenters. The highest BCUT2D eigenvalue weighted by Gasteiger charge is 2.20. The normalized spacial score (nSPS) is 11.4. The van der Waals surface area contributed by atoms with Gasteiger partial charge in [0.05, 0.1) is 16.8 Å². The Morgan fingerprint density at radius 3 is 2.28 bits per heavy atom. The quantitative estimate of drug-likeness (QED) is 0.808. The average molecular weight is 362 g/mol. The first-order valence-electron chi connectivity index (χ1n) is 8.52. The third-order valence-corrected chi connectivity index (χ3v) is 5.81. The van der Waals surface area contributed by atoms with Crippen molar-refractivity contribution in [3.63, 3.8) is 0 Å². The number of pyridine rings is 1. The van der Waals surface area contributed by atoms with Crippen LogP contribution < -0.4 is 9.62 Å². The van der Waals surface area contributed by atoms with Crippen molar-refractivity contribution in [3.05, 3.63) is 47.2 Å². The summed E-state index contributed by atoms with van der Waals surface area (Å²) in [4.78, 5) is 6.70. The maximum atomic E-state index is 12.8. The van der Waals surface area contributed by atoms with Crippen LogP contribution >= 0.6 is 0 Å². The van der Waals surface area contributed by atoms with Gasteiger partial charge < -0.3 is 4.90 Å². The molecule has 25 heavy (non-hydrogen) atoms. The van der Waals surface area contributed by atoms with Gasteiger partial charge in [0.1, 0.15) is 5.82 Å². The zero-order valence-corrected chi connectivity index (χ0v) is 16.4. The molecule has 2 aromatic rings. The van der Waals surface area contributed by atoms with Crippen LogP contribution in [0.2, 0.25) is 0 Å². The van der Waals surface area contributed by atoms with E-state index >= 15 is 0 Å². The molecule has 1 heterocycles. The molecule has 136 valence electrons. The first kappa shape index (κ1) is 19.2. The summed E-state index contributed by atoms with van der Waals surface area (Å²) >= 11 is 0. The van der Waals surface area contributed by atoms with Gasteiger partial charge in [-0.3, -0.25) is 4.72 Å². The zero-order chi connectivity index (χ0) is 18.6.